The van der Waals surface area contributed by atoms with E-state index in [1.807, 2.05) is 6.08 Å². The van der Waals surface area contributed by atoms with Crippen LogP contribution in [-0.2, 0) is 23.7 Å². The van der Waals surface area contributed by atoms with Crippen molar-refractivity contribution in [3.63, 3.8) is 0 Å². The van der Waals surface area contributed by atoms with E-state index in [2.05, 4.69) is 67.8 Å². The highest BCUT2D eigenvalue weighted by Gasteiger charge is 2.51. The molecule has 2 fully saturated rings. The van der Waals surface area contributed by atoms with Crippen LogP contribution in [0.25, 0.3) is 0 Å². The normalized spacial score (nSPS) is 25.5. The lowest BCUT2D eigenvalue weighted by Crippen LogP contribution is -2.65. The molecule has 12 unspecified atom stereocenters. The van der Waals surface area contributed by atoms with Crippen molar-refractivity contribution in [1.29, 1.82) is 0 Å². The van der Waals surface area contributed by atoms with Crippen LogP contribution in [0.5, 0.6) is 0 Å². The number of hydrogen-bond donors (Lipinski definition) is 9. The lowest BCUT2D eigenvalue weighted by atomic mass is 9.97. The Balaban J connectivity index is 1.68. The van der Waals surface area contributed by atoms with E-state index in [9.17, 15) is 45.6 Å². The van der Waals surface area contributed by atoms with E-state index in [-0.39, 0.29) is 18.9 Å². The molecule has 0 radical (unpaired) electrons. The molecule has 0 aliphatic carbocycles. The van der Waals surface area contributed by atoms with Gasteiger partial charge in [-0.2, -0.15) is 0 Å². The molecule has 0 saturated carbocycles. The Hall–Kier alpha value is -2.31. The number of carbonyl (C=O) groups is 1. The van der Waals surface area contributed by atoms with Gasteiger partial charge >= 0.3 is 0 Å². The van der Waals surface area contributed by atoms with Crippen molar-refractivity contribution < 1.29 is 64.6 Å². The second kappa shape index (κ2) is 46.6. The van der Waals surface area contributed by atoms with E-state index >= 15 is 0 Å². The number of allylic oxidation sites excluding steroid dienone is 9. The smallest absolute Gasteiger partial charge is 0.220 e. The van der Waals surface area contributed by atoms with Gasteiger partial charge in [-0.25, -0.2) is 0 Å². The third-order valence-corrected chi connectivity index (χ3v) is 14.4. The molecule has 0 bridgehead atoms. The Bertz CT molecular complexity index is 1490. The van der Waals surface area contributed by atoms with Crippen molar-refractivity contribution in [1.82, 2.24) is 5.32 Å². The summed E-state index contributed by atoms with van der Waals surface area (Å²) in [6, 6.07) is -0.937. The van der Waals surface area contributed by atoms with Crippen LogP contribution in [-0.4, -0.2) is 140 Å². The molecular weight excluding hydrogens is 955 g/mol. The SMILES string of the molecule is CCCC/C=C/CC/C=C/CC/C=C/C(O)C(COC1OC(CO)C(OC2OC(CO)C(O)C(O)C2O)C(O)C1O)NC(=O)CCCCCCCCCCCCCCCCCCC/C=C\C/C=C\CCCCCCC. The fourth-order valence-electron chi connectivity index (χ4n) is 9.52. The summed E-state index contributed by atoms with van der Waals surface area (Å²) in [6.07, 6.45) is 42.8. The molecule has 2 heterocycles. The van der Waals surface area contributed by atoms with E-state index in [4.69, 9.17) is 18.9 Å². The maximum absolute atomic E-state index is 13.2. The average Bonchev–Trinajstić information content (AvgIpc) is 3.41. The predicted molar refractivity (Wildman–Crippen MR) is 300 cm³/mol. The second-order valence-corrected chi connectivity index (χ2v) is 21.1. The molecule has 2 aliphatic rings. The molecule has 0 aromatic carbocycles. The fourth-order valence-corrected chi connectivity index (χ4v) is 9.52. The van der Waals surface area contributed by atoms with Gasteiger partial charge in [0.1, 0.15) is 48.8 Å². The topological polar surface area (TPSA) is 228 Å². The van der Waals surface area contributed by atoms with Gasteiger partial charge in [-0.1, -0.05) is 209 Å². The van der Waals surface area contributed by atoms with E-state index in [0.717, 1.165) is 51.4 Å². The minimum absolute atomic E-state index is 0.255. The van der Waals surface area contributed by atoms with Crippen molar-refractivity contribution in [2.45, 2.75) is 299 Å². The monoisotopic (exact) mass is 1060 g/mol. The zero-order valence-electron chi connectivity index (χ0n) is 46.8. The van der Waals surface area contributed by atoms with Crippen LogP contribution in [0.3, 0.4) is 0 Å². The number of unbranched alkanes of at least 4 members (excludes halogenated alkanes) is 26. The highest BCUT2D eigenvalue weighted by molar-refractivity contribution is 5.76. The molecule has 0 spiro atoms. The first-order valence-corrected chi connectivity index (χ1v) is 30.0. The van der Waals surface area contributed by atoms with E-state index < -0.39 is 86.8 Å². The van der Waals surface area contributed by atoms with Crippen molar-refractivity contribution in [3.05, 3.63) is 60.8 Å². The maximum atomic E-state index is 13.2. The molecule has 75 heavy (non-hydrogen) atoms. The number of rotatable bonds is 47. The van der Waals surface area contributed by atoms with Crippen LogP contribution in [0.15, 0.2) is 60.8 Å². The first kappa shape index (κ1) is 68.8. The third-order valence-electron chi connectivity index (χ3n) is 14.4. The number of aliphatic hydroxyl groups is 8. The lowest BCUT2D eigenvalue weighted by molar-refractivity contribution is -0.359. The lowest BCUT2D eigenvalue weighted by Gasteiger charge is -2.46. The Morgan fingerprint density at radius 3 is 1.43 bits per heavy atom. The zero-order valence-corrected chi connectivity index (χ0v) is 46.8. The highest BCUT2D eigenvalue weighted by atomic mass is 16.7. The zero-order chi connectivity index (χ0) is 54.6. The molecule has 2 saturated heterocycles. The predicted octanol–water partition coefficient (Wildman–Crippen LogP) is 10.2. The van der Waals surface area contributed by atoms with E-state index in [0.29, 0.717) is 12.8 Å². The summed E-state index contributed by atoms with van der Waals surface area (Å²) in [7, 11) is 0. The molecule has 2 aliphatic heterocycles. The first-order valence-electron chi connectivity index (χ1n) is 30.0. The molecule has 14 nitrogen and oxygen atoms in total. The highest BCUT2D eigenvalue weighted by Crippen LogP contribution is 2.30. The van der Waals surface area contributed by atoms with Crippen molar-refractivity contribution in [3.8, 4) is 0 Å². The van der Waals surface area contributed by atoms with Crippen LogP contribution in [0.2, 0.25) is 0 Å². The van der Waals surface area contributed by atoms with Gasteiger partial charge in [0.25, 0.3) is 0 Å². The van der Waals surface area contributed by atoms with Crippen molar-refractivity contribution in [2.24, 2.45) is 0 Å². The molecule has 9 N–H and O–H groups in total. The number of ether oxygens (including phenoxy) is 4. The molecular formula is C61H109NO13. The second-order valence-electron chi connectivity index (χ2n) is 21.1. The number of nitrogens with one attached hydrogen (secondary N) is 1. The van der Waals surface area contributed by atoms with Gasteiger partial charge in [0.15, 0.2) is 12.6 Å². The Kier molecular flexibility index (Phi) is 42.7. The van der Waals surface area contributed by atoms with Gasteiger partial charge in [-0.05, 0) is 70.6 Å². The van der Waals surface area contributed by atoms with Crippen LogP contribution >= 0.6 is 0 Å². The van der Waals surface area contributed by atoms with Gasteiger partial charge in [0, 0.05) is 6.42 Å². The van der Waals surface area contributed by atoms with Gasteiger partial charge in [-0.3, -0.25) is 4.79 Å². The van der Waals surface area contributed by atoms with Crippen LogP contribution in [0.1, 0.15) is 226 Å². The molecule has 0 aromatic heterocycles. The molecule has 14 heteroatoms. The van der Waals surface area contributed by atoms with Crippen molar-refractivity contribution >= 4 is 5.91 Å². The molecule has 1 amide bonds. The number of hydrogen-bond acceptors (Lipinski definition) is 13. The van der Waals surface area contributed by atoms with Gasteiger partial charge in [-0.15, -0.1) is 0 Å². The van der Waals surface area contributed by atoms with Crippen LogP contribution in [0, 0.1) is 0 Å². The quantitative estimate of drug-likeness (QED) is 0.0204. The van der Waals surface area contributed by atoms with Crippen molar-refractivity contribution in [2.75, 3.05) is 19.8 Å². The first-order chi connectivity index (χ1) is 36.6. The van der Waals surface area contributed by atoms with Gasteiger partial charge < -0.3 is 65.1 Å². The number of amides is 1. The Labute approximate surface area is 454 Å². The summed E-state index contributed by atoms with van der Waals surface area (Å²) in [5.74, 6) is -0.255. The molecule has 436 valence electrons. The number of carbonyl (C=O) groups excluding carboxylic acids is 1. The van der Waals surface area contributed by atoms with E-state index in [1.54, 1.807) is 6.08 Å². The molecule has 12 atom stereocenters. The van der Waals surface area contributed by atoms with Gasteiger partial charge in [0.05, 0.1) is 32.0 Å². The minimum Gasteiger partial charge on any atom is -0.394 e. The summed E-state index contributed by atoms with van der Waals surface area (Å²) in [5.41, 5.74) is 0. The minimum atomic E-state index is -1.79. The van der Waals surface area contributed by atoms with Crippen LogP contribution in [0.4, 0.5) is 0 Å². The Morgan fingerprint density at radius 2 is 0.907 bits per heavy atom. The number of aliphatic hydroxyl groups excluding tert-OH is 8. The maximum Gasteiger partial charge on any atom is 0.220 e. The van der Waals surface area contributed by atoms with Crippen LogP contribution < -0.4 is 5.32 Å². The summed E-state index contributed by atoms with van der Waals surface area (Å²) in [4.78, 5) is 13.2. The molecule has 0 aromatic rings. The summed E-state index contributed by atoms with van der Waals surface area (Å²) in [6.45, 7) is 2.71. The third kappa shape index (κ3) is 32.4. The average molecular weight is 1060 g/mol. The van der Waals surface area contributed by atoms with Gasteiger partial charge in [0.2, 0.25) is 5.91 Å². The molecule has 2 rings (SSSR count). The fraction of sp³-hybridized carbons (Fsp3) is 0.820. The van der Waals surface area contributed by atoms with E-state index in [1.165, 1.54) is 141 Å². The Morgan fingerprint density at radius 1 is 0.480 bits per heavy atom. The largest absolute Gasteiger partial charge is 0.394 e. The summed E-state index contributed by atoms with van der Waals surface area (Å²) >= 11 is 0. The summed E-state index contributed by atoms with van der Waals surface area (Å²) < 4.78 is 22.7. The summed E-state index contributed by atoms with van der Waals surface area (Å²) in [5, 5.41) is 86.9. The standard InChI is InChI=1S/C61H109NO13/c1-3-5-7-9-11-13-15-17-18-19-20-21-22-23-24-25-26-27-28-29-30-31-32-33-35-37-39-41-43-45-53(66)62-49(50(65)44-42-40-38-36-34-16-14-12-10-8-6-4-2)48-72-60-58(71)56(69)59(52(47-64)74-60)75-61-57(70)55(68)54(67)51(46-63)73-61/h10,12,15,17,19-20,34,36,42,44,49-52,54-61,63-65,67-71H,3-9,11,13-14,16,18,21-33,35,37-41,43,45-48H2,1-2H3,(H,62,66)/b12-10+,17-15-,20-19-,36-34+,44-42+.